The van der Waals surface area contributed by atoms with E-state index in [-0.39, 0.29) is 5.91 Å². The van der Waals surface area contributed by atoms with E-state index in [4.69, 9.17) is 0 Å². The smallest absolute Gasteiger partial charge is 0.234 e. The zero-order valence-corrected chi connectivity index (χ0v) is 10.8. The molecule has 1 aromatic rings. The number of nitrogens with one attached hydrogen (secondary N) is 2. The first-order chi connectivity index (χ1) is 8.24. The highest BCUT2D eigenvalue weighted by Crippen LogP contribution is 2.05. The van der Waals surface area contributed by atoms with Crippen LogP contribution >= 0.6 is 0 Å². The van der Waals surface area contributed by atoms with Gasteiger partial charge in [0.05, 0.1) is 6.54 Å². The summed E-state index contributed by atoms with van der Waals surface area (Å²) < 4.78 is 0. The van der Waals surface area contributed by atoms with Crippen LogP contribution in [0, 0.1) is 6.92 Å². The summed E-state index contributed by atoms with van der Waals surface area (Å²) in [7, 11) is 0. The van der Waals surface area contributed by atoms with Crippen LogP contribution in [0.4, 0.5) is 0 Å². The molecule has 0 aromatic heterocycles. The number of carbonyl (C=O) groups is 1. The average Bonchev–Trinajstić information content (AvgIpc) is 2.34. The predicted octanol–water partition coefficient (Wildman–Crippen LogP) is 2.00. The third-order valence-corrected chi connectivity index (χ3v) is 2.73. The summed E-state index contributed by atoms with van der Waals surface area (Å²) in [6, 6.07) is 8.10. The first-order valence-corrected chi connectivity index (χ1v) is 6.26. The van der Waals surface area contributed by atoms with Crippen LogP contribution in [0.3, 0.4) is 0 Å². The number of unbranched alkanes of at least 4 members (excludes halogenated alkanes) is 1. The van der Waals surface area contributed by atoms with Crippen LogP contribution < -0.4 is 10.6 Å². The third-order valence-electron chi connectivity index (χ3n) is 2.73. The molecule has 1 rings (SSSR count). The van der Waals surface area contributed by atoms with Crippen molar-refractivity contribution in [1.82, 2.24) is 10.6 Å². The van der Waals surface area contributed by atoms with Crippen molar-refractivity contribution >= 4 is 5.91 Å². The Hall–Kier alpha value is -1.35. The highest BCUT2D eigenvalue weighted by Gasteiger charge is 2.01. The van der Waals surface area contributed by atoms with E-state index in [1.54, 1.807) is 0 Å². The molecule has 1 amide bonds. The number of carbonyl (C=O) groups excluding carboxylic acids is 1. The van der Waals surface area contributed by atoms with Crippen molar-refractivity contribution in [2.75, 3.05) is 13.1 Å². The van der Waals surface area contributed by atoms with E-state index in [0.29, 0.717) is 13.1 Å². The topological polar surface area (TPSA) is 41.1 Å². The molecule has 0 saturated carbocycles. The fourth-order valence-electron chi connectivity index (χ4n) is 1.57. The van der Waals surface area contributed by atoms with Crippen LogP contribution in [0.5, 0.6) is 0 Å². The molecule has 3 heteroatoms. The van der Waals surface area contributed by atoms with E-state index < -0.39 is 0 Å². The maximum absolute atomic E-state index is 11.5. The molecule has 0 fully saturated rings. The molecule has 0 radical (unpaired) electrons. The lowest BCUT2D eigenvalue weighted by molar-refractivity contribution is -0.120. The van der Waals surface area contributed by atoms with E-state index in [1.165, 1.54) is 11.1 Å². The Morgan fingerprint density at radius 1 is 1.29 bits per heavy atom. The number of amides is 1. The average molecular weight is 234 g/mol. The molecule has 2 N–H and O–H groups in total. The molecule has 0 saturated heterocycles. The van der Waals surface area contributed by atoms with E-state index in [0.717, 1.165) is 19.4 Å². The zero-order valence-electron chi connectivity index (χ0n) is 10.8. The number of rotatable bonds is 7. The molecule has 0 unspecified atom stereocenters. The number of hydrogen-bond donors (Lipinski definition) is 2. The molecule has 0 aliphatic heterocycles. The highest BCUT2D eigenvalue weighted by atomic mass is 16.1. The normalized spacial score (nSPS) is 10.2. The van der Waals surface area contributed by atoms with Gasteiger partial charge in [-0.2, -0.15) is 0 Å². The molecular weight excluding hydrogens is 212 g/mol. The lowest BCUT2D eigenvalue weighted by Gasteiger charge is -2.08. The summed E-state index contributed by atoms with van der Waals surface area (Å²) in [5.74, 6) is 0.0596. The minimum absolute atomic E-state index is 0.0596. The zero-order chi connectivity index (χ0) is 12.5. The van der Waals surface area contributed by atoms with Crippen molar-refractivity contribution in [2.24, 2.45) is 0 Å². The van der Waals surface area contributed by atoms with Crippen molar-refractivity contribution < 1.29 is 4.79 Å². The Morgan fingerprint density at radius 3 is 2.76 bits per heavy atom. The van der Waals surface area contributed by atoms with Gasteiger partial charge >= 0.3 is 0 Å². The van der Waals surface area contributed by atoms with Crippen molar-refractivity contribution in [3.8, 4) is 0 Å². The minimum atomic E-state index is 0.0596. The van der Waals surface area contributed by atoms with Crippen molar-refractivity contribution in [2.45, 2.75) is 33.2 Å². The molecule has 94 valence electrons. The molecule has 0 bridgehead atoms. The van der Waals surface area contributed by atoms with Gasteiger partial charge in [0.1, 0.15) is 0 Å². The van der Waals surface area contributed by atoms with Gasteiger partial charge in [-0.3, -0.25) is 4.79 Å². The van der Waals surface area contributed by atoms with Crippen LogP contribution in [0.25, 0.3) is 0 Å². The van der Waals surface area contributed by atoms with Crippen LogP contribution in [0.1, 0.15) is 30.9 Å². The molecule has 17 heavy (non-hydrogen) atoms. The van der Waals surface area contributed by atoms with Gasteiger partial charge in [-0.25, -0.2) is 0 Å². The maximum atomic E-state index is 11.5. The van der Waals surface area contributed by atoms with Crippen molar-refractivity contribution in [1.29, 1.82) is 0 Å². The van der Waals surface area contributed by atoms with E-state index >= 15 is 0 Å². The molecule has 1 aromatic carbocycles. The number of benzene rings is 1. The lowest BCUT2D eigenvalue weighted by atomic mass is 10.1. The summed E-state index contributed by atoms with van der Waals surface area (Å²) >= 11 is 0. The number of hydrogen-bond acceptors (Lipinski definition) is 2. The van der Waals surface area contributed by atoms with Gasteiger partial charge in [0, 0.05) is 6.54 Å². The van der Waals surface area contributed by atoms with Gasteiger partial charge in [0.25, 0.3) is 0 Å². The fraction of sp³-hybridized carbons (Fsp3) is 0.500. The summed E-state index contributed by atoms with van der Waals surface area (Å²) in [5, 5.41) is 6.04. The molecule has 0 aliphatic rings. The summed E-state index contributed by atoms with van der Waals surface area (Å²) in [6.07, 6.45) is 2.27. The van der Waals surface area contributed by atoms with E-state index in [1.807, 2.05) is 18.2 Å². The summed E-state index contributed by atoms with van der Waals surface area (Å²) in [4.78, 5) is 11.5. The largest absolute Gasteiger partial charge is 0.351 e. The Labute approximate surface area is 104 Å². The molecule has 0 spiro atoms. The van der Waals surface area contributed by atoms with Crippen LogP contribution in [0.15, 0.2) is 24.3 Å². The molecule has 0 aliphatic carbocycles. The van der Waals surface area contributed by atoms with Crippen LogP contribution in [-0.2, 0) is 11.3 Å². The van der Waals surface area contributed by atoms with Crippen LogP contribution in [-0.4, -0.2) is 19.0 Å². The second-order valence-electron chi connectivity index (χ2n) is 4.23. The third kappa shape index (κ3) is 5.50. The van der Waals surface area contributed by atoms with Gasteiger partial charge in [-0.05, 0) is 31.0 Å². The number of aryl methyl sites for hydroxylation is 1. The maximum Gasteiger partial charge on any atom is 0.234 e. The molecule has 0 atom stereocenters. The second-order valence-corrected chi connectivity index (χ2v) is 4.23. The lowest BCUT2D eigenvalue weighted by Crippen LogP contribution is -2.34. The Balaban J connectivity index is 2.22. The summed E-state index contributed by atoms with van der Waals surface area (Å²) in [5.41, 5.74) is 2.39. The summed E-state index contributed by atoms with van der Waals surface area (Å²) in [6.45, 7) is 6.13. The minimum Gasteiger partial charge on any atom is -0.351 e. The fourth-order valence-corrected chi connectivity index (χ4v) is 1.57. The van der Waals surface area contributed by atoms with Gasteiger partial charge in [-0.1, -0.05) is 37.6 Å². The Kier molecular flexibility index (Phi) is 6.33. The van der Waals surface area contributed by atoms with Gasteiger partial charge in [0.2, 0.25) is 5.91 Å². The van der Waals surface area contributed by atoms with Gasteiger partial charge < -0.3 is 10.6 Å². The van der Waals surface area contributed by atoms with E-state index in [9.17, 15) is 4.79 Å². The standard InChI is InChI=1S/C14H22N2O/c1-3-4-9-15-11-14(17)16-10-13-8-6-5-7-12(13)2/h5-8,15H,3-4,9-11H2,1-2H3,(H,16,17). The first kappa shape index (κ1) is 13.7. The molecule has 3 nitrogen and oxygen atoms in total. The second kappa shape index (κ2) is 7.85. The quantitative estimate of drug-likeness (QED) is 0.708. The van der Waals surface area contributed by atoms with Gasteiger partial charge in [-0.15, -0.1) is 0 Å². The monoisotopic (exact) mass is 234 g/mol. The molecule has 0 heterocycles. The predicted molar refractivity (Wildman–Crippen MR) is 70.8 cm³/mol. The van der Waals surface area contributed by atoms with E-state index in [2.05, 4.69) is 30.5 Å². The van der Waals surface area contributed by atoms with Crippen molar-refractivity contribution in [3.63, 3.8) is 0 Å². The van der Waals surface area contributed by atoms with Crippen molar-refractivity contribution in [3.05, 3.63) is 35.4 Å². The van der Waals surface area contributed by atoms with Crippen LogP contribution in [0.2, 0.25) is 0 Å². The SMILES string of the molecule is CCCCNCC(=O)NCc1ccccc1C. The Bertz CT molecular complexity index is 350. The highest BCUT2D eigenvalue weighted by molar-refractivity contribution is 5.77. The first-order valence-electron chi connectivity index (χ1n) is 6.26. The van der Waals surface area contributed by atoms with Gasteiger partial charge in [0.15, 0.2) is 0 Å². The molecular formula is C14H22N2O. The Morgan fingerprint density at radius 2 is 2.06 bits per heavy atom.